The lowest BCUT2D eigenvalue weighted by Crippen LogP contribution is -2.30. The second kappa shape index (κ2) is 7.39. The lowest BCUT2D eigenvalue weighted by molar-refractivity contribution is -0.123. The van der Waals surface area contributed by atoms with E-state index in [9.17, 15) is 4.79 Å². The van der Waals surface area contributed by atoms with Crippen molar-refractivity contribution in [3.05, 3.63) is 0 Å². The molecule has 0 amide bonds. The minimum absolute atomic E-state index is 0.219. The molecule has 0 saturated heterocycles. The highest BCUT2D eigenvalue weighted by Crippen LogP contribution is 2.03. The van der Waals surface area contributed by atoms with Crippen LogP contribution in [0.15, 0.2) is 0 Å². The van der Waals surface area contributed by atoms with Crippen LogP contribution in [0.4, 0.5) is 0 Å². The van der Waals surface area contributed by atoms with Gasteiger partial charge in [-0.05, 0) is 19.7 Å². The number of nitrogens with zero attached hydrogens (tertiary/aromatic N) is 1. The first kappa shape index (κ1) is 13.0. The predicted molar refractivity (Wildman–Crippen MR) is 60.3 cm³/mol. The first-order valence-electron chi connectivity index (χ1n) is 4.82. The van der Waals surface area contributed by atoms with Gasteiger partial charge in [0.15, 0.2) is 0 Å². The quantitative estimate of drug-likeness (QED) is 0.630. The van der Waals surface area contributed by atoms with Crippen molar-refractivity contribution in [3.8, 4) is 0 Å². The molecule has 1 atom stereocenters. The third-order valence-electron chi connectivity index (χ3n) is 2.26. The minimum atomic E-state index is 0.219. The molecule has 0 bridgehead atoms. The number of carbonyl (C=O) groups is 1. The molecule has 0 spiro atoms. The molecule has 13 heavy (non-hydrogen) atoms. The maximum atomic E-state index is 11.5. The van der Waals surface area contributed by atoms with Crippen molar-refractivity contribution < 1.29 is 4.79 Å². The predicted octanol–water partition coefficient (Wildman–Crippen LogP) is 1.90. The Bertz CT molecular complexity index is 150. The van der Waals surface area contributed by atoms with E-state index in [1.807, 2.05) is 25.7 Å². The summed E-state index contributed by atoms with van der Waals surface area (Å²) >= 11 is 1.82. The van der Waals surface area contributed by atoms with Crippen LogP contribution in [0.1, 0.15) is 20.3 Å². The van der Waals surface area contributed by atoms with Gasteiger partial charge in [-0.15, -0.1) is 0 Å². The average molecular weight is 203 g/mol. The lowest BCUT2D eigenvalue weighted by Gasteiger charge is -2.16. The molecule has 0 saturated carbocycles. The van der Waals surface area contributed by atoms with Crippen molar-refractivity contribution in [2.45, 2.75) is 20.3 Å². The van der Waals surface area contributed by atoms with Gasteiger partial charge in [-0.2, -0.15) is 11.8 Å². The number of hydrogen-bond acceptors (Lipinski definition) is 3. The number of rotatable bonds is 7. The van der Waals surface area contributed by atoms with Gasteiger partial charge < -0.3 is 0 Å². The second-order valence-electron chi connectivity index (χ2n) is 3.51. The second-order valence-corrected chi connectivity index (χ2v) is 4.49. The molecule has 0 aliphatic carbocycles. The summed E-state index contributed by atoms with van der Waals surface area (Å²) in [5.41, 5.74) is 0. The van der Waals surface area contributed by atoms with Crippen molar-refractivity contribution in [2.75, 3.05) is 32.1 Å². The zero-order chi connectivity index (χ0) is 10.3. The van der Waals surface area contributed by atoms with Gasteiger partial charge in [0.1, 0.15) is 5.78 Å². The SMILES string of the molecule is CCC(C)C(=O)CN(C)CCSC. The summed E-state index contributed by atoms with van der Waals surface area (Å²) in [4.78, 5) is 13.6. The van der Waals surface area contributed by atoms with Crippen LogP contribution < -0.4 is 0 Å². The molecule has 0 fully saturated rings. The summed E-state index contributed by atoms with van der Waals surface area (Å²) in [6, 6.07) is 0. The van der Waals surface area contributed by atoms with E-state index in [-0.39, 0.29) is 5.92 Å². The molecule has 2 nitrogen and oxygen atoms in total. The molecule has 78 valence electrons. The molecule has 0 rings (SSSR count). The van der Waals surface area contributed by atoms with E-state index in [4.69, 9.17) is 0 Å². The van der Waals surface area contributed by atoms with Gasteiger partial charge in [0.05, 0.1) is 6.54 Å². The fourth-order valence-electron chi connectivity index (χ4n) is 0.976. The van der Waals surface area contributed by atoms with E-state index >= 15 is 0 Å². The average Bonchev–Trinajstić information content (AvgIpc) is 2.13. The summed E-state index contributed by atoms with van der Waals surface area (Å²) in [5.74, 6) is 1.69. The van der Waals surface area contributed by atoms with Crippen LogP contribution in [-0.4, -0.2) is 42.8 Å². The summed E-state index contributed by atoms with van der Waals surface area (Å²) in [7, 11) is 2.01. The van der Waals surface area contributed by atoms with Crippen LogP contribution in [0.3, 0.4) is 0 Å². The zero-order valence-corrected chi connectivity index (χ0v) is 9.99. The number of thioether (sulfide) groups is 1. The molecular formula is C10H21NOS. The van der Waals surface area contributed by atoms with E-state index in [1.54, 1.807) is 0 Å². The summed E-state index contributed by atoms with van der Waals surface area (Å²) in [6.07, 6.45) is 3.04. The number of likely N-dealkylation sites (N-methyl/N-ethyl adjacent to an activating group) is 1. The highest BCUT2D eigenvalue weighted by atomic mass is 32.2. The Morgan fingerprint density at radius 2 is 2.15 bits per heavy atom. The first-order valence-corrected chi connectivity index (χ1v) is 6.21. The van der Waals surface area contributed by atoms with Gasteiger partial charge >= 0.3 is 0 Å². The third kappa shape index (κ3) is 6.11. The normalized spacial score (nSPS) is 13.3. The Balaban J connectivity index is 3.64. The standard InChI is InChI=1S/C10H21NOS/c1-5-9(2)10(12)8-11(3)6-7-13-4/h9H,5-8H2,1-4H3. The van der Waals surface area contributed by atoms with Crippen LogP contribution in [0.2, 0.25) is 0 Å². The Kier molecular flexibility index (Phi) is 7.38. The van der Waals surface area contributed by atoms with Crippen molar-refractivity contribution in [3.63, 3.8) is 0 Å². The first-order chi connectivity index (χ1) is 6.11. The van der Waals surface area contributed by atoms with Gasteiger partial charge in [0, 0.05) is 18.2 Å². The number of carbonyl (C=O) groups excluding carboxylic acids is 1. The van der Waals surface area contributed by atoms with Crippen LogP contribution in [0.5, 0.6) is 0 Å². The van der Waals surface area contributed by atoms with Gasteiger partial charge in [-0.3, -0.25) is 9.69 Å². The topological polar surface area (TPSA) is 20.3 Å². The molecule has 1 unspecified atom stereocenters. The summed E-state index contributed by atoms with van der Waals surface area (Å²) in [6.45, 7) is 5.67. The minimum Gasteiger partial charge on any atom is -0.298 e. The molecule has 0 aromatic rings. The van der Waals surface area contributed by atoms with E-state index in [1.165, 1.54) is 0 Å². The third-order valence-corrected chi connectivity index (χ3v) is 2.86. The highest BCUT2D eigenvalue weighted by molar-refractivity contribution is 7.98. The molecule has 0 radical (unpaired) electrons. The molecule has 0 N–H and O–H groups in total. The van der Waals surface area contributed by atoms with Gasteiger partial charge in [0.2, 0.25) is 0 Å². The highest BCUT2D eigenvalue weighted by Gasteiger charge is 2.12. The van der Waals surface area contributed by atoms with Crippen LogP contribution in [0, 0.1) is 5.92 Å². The van der Waals surface area contributed by atoms with Crippen molar-refractivity contribution >= 4 is 17.5 Å². The van der Waals surface area contributed by atoms with E-state index in [0.717, 1.165) is 18.7 Å². The monoisotopic (exact) mass is 203 g/mol. The van der Waals surface area contributed by atoms with E-state index in [2.05, 4.69) is 18.1 Å². The van der Waals surface area contributed by atoms with Crippen molar-refractivity contribution in [2.24, 2.45) is 5.92 Å². The molecule has 0 aliphatic rings. The van der Waals surface area contributed by atoms with Crippen molar-refractivity contribution in [1.29, 1.82) is 0 Å². The number of ketones is 1. The number of Topliss-reactive ketones (excluding diaryl/α,β-unsaturated/α-hetero) is 1. The summed E-state index contributed by atoms with van der Waals surface area (Å²) in [5, 5.41) is 0. The van der Waals surface area contributed by atoms with Crippen molar-refractivity contribution in [1.82, 2.24) is 4.90 Å². The fraction of sp³-hybridized carbons (Fsp3) is 0.900. The van der Waals surface area contributed by atoms with Crippen LogP contribution in [-0.2, 0) is 4.79 Å². The maximum absolute atomic E-state index is 11.5. The largest absolute Gasteiger partial charge is 0.298 e. The van der Waals surface area contributed by atoms with Gasteiger partial charge in [0.25, 0.3) is 0 Å². The molecule has 0 heterocycles. The molecular weight excluding hydrogens is 182 g/mol. The smallest absolute Gasteiger partial charge is 0.149 e. The summed E-state index contributed by atoms with van der Waals surface area (Å²) < 4.78 is 0. The molecule has 0 aliphatic heterocycles. The molecule has 0 aromatic carbocycles. The number of hydrogen-bond donors (Lipinski definition) is 0. The van der Waals surface area contributed by atoms with E-state index in [0.29, 0.717) is 12.3 Å². The molecule has 3 heteroatoms. The van der Waals surface area contributed by atoms with Crippen LogP contribution in [0.25, 0.3) is 0 Å². The van der Waals surface area contributed by atoms with E-state index < -0.39 is 0 Å². The van der Waals surface area contributed by atoms with Crippen LogP contribution >= 0.6 is 11.8 Å². The maximum Gasteiger partial charge on any atom is 0.149 e. The fourth-order valence-corrected chi connectivity index (χ4v) is 1.47. The lowest BCUT2D eigenvalue weighted by atomic mass is 10.0. The Labute approximate surface area is 86.1 Å². The zero-order valence-electron chi connectivity index (χ0n) is 9.17. The Morgan fingerprint density at radius 1 is 1.54 bits per heavy atom. The van der Waals surface area contributed by atoms with Gasteiger partial charge in [-0.1, -0.05) is 13.8 Å². The Hall–Kier alpha value is -0.0200. The van der Waals surface area contributed by atoms with Gasteiger partial charge in [-0.25, -0.2) is 0 Å². The molecule has 0 aromatic heterocycles. The Morgan fingerprint density at radius 3 is 2.62 bits per heavy atom.